The number of hydrogen-bond acceptors (Lipinski definition) is 5. The summed E-state index contributed by atoms with van der Waals surface area (Å²) in [4.78, 5) is 21.0. The van der Waals surface area contributed by atoms with E-state index in [0.29, 0.717) is 17.5 Å². The van der Waals surface area contributed by atoms with Gasteiger partial charge in [-0.15, -0.1) is 0 Å². The molecule has 346 valence electrons. The minimum atomic E-state index is 0.591. The summed E-state index contributed by atoms with van der Waals surface area (Å²) < 4.78 is 6.83. The zero-order valence-electron chi connectivity index (χ0n) is 40.3. The van der Waals surface area contributed by atoms with Crippen molar-refractivity contribution < 1.29 is 4.42 Å². The molecule has 3 aromatic heterocycles. The molecule has 16 rings (SSSR count). The summed E-state index contributed by atoms with van der Waals surface area (Å²) in [6.07, 6.45) is 0. The van der Waals surface area contributed by atoms with Gasteiger partial charge in [0.1, 0.15) is 11.2 Å². The smallest absolute Gasteiger partial charge is 0.164 e. The van der Waals surface area contributed by atoms with Crippen LogP contribution in [0.2, 0.25) is 0 Å². The van der Waals surface area contributed by atoms with Gasteiger partial charge >= 0.3 is 0 Å². The molecule has 0 fully saturated rings. The standard InChI is InChI=1S/C70H40N4O/c1-2-16-42(17-3-1)68-72-69(74-70(73-68)45-35-37-55-51-23-7-5-19-47(51)49-21-9-11-25-53(49)59(55)39-45)43-32-30-41(31-33-43)67-60-40-63-66(57-27-13-15-29-62(57)75-63)64(65(60)56-26-12-14-28-61(56)71-67)44-34-36-54-50-22-6-4-18-46(50)48-20-8-10-24-52(48)58(54)38-44/h1-40H. The molecular weight excluding hydrogens is 913 g/mol. The number of benzene rings is 13. The normalized spacial score (nSPS) is 12.0. The van der Waals surface area contributed by atoms with Crippen LogP contribution in [0.15, 0.2) is 247 Å². The Hall–Kier alpha value is -10.1. The molecule has 0 saturated carbocycles. The van der Waals surface area contributed by atoms with E-state index in [0.717, 1.165) is 88.1 Å². The predicted octanol–water partition coefficient (Wildman–Crippen LogP) is 18.7. The number of aromatic nitrogens is 4. The summed E-state index contributed by atoms with van der Waals surface area (Å²) in [5.74, 6) is 1.82. The van der Waals surface area contributed by atoms with Crippen LogP contribution in [0, 0.1) is 0 Å². The lowest BCUT2D eigenvalue weighted by atomic mass is 9.87. The van der Waals surface area contributed by atoms with Gasteiger partial charge in [0.2, 0.25) is 0 Å². The van der Waals surface area contributed by atoms with Crippen LogP contribution in [0.4, 0.5) is 0 Å². The van der Waals surface area contributed by atoms with E-state index in [-0.39, 0.29) is 0 Å². The second kappa shape index (κ2) is 16.2. The van der Waals surface area contributed by atoms with Gasteiger partial charge in [-0.2, -0.15) is 0 Å². The highest BCUT2D eigenvalue weighted by Crippen LogP contribution is 2.48. The van der Waals surface area contributed by atoms with Crippen LogP contribution in [0.3, 0.4) is 0 Å². The highest BCUT2D eigenvalue weighted by Gasteiger charge is 2.23. The number of furan rings is 1. The zero-order valence-corrected chi connectivity index (χ0v) is 40.3. The van der Waals surface area contributed by atoms with Gasteiger partial charge in [-0.1, -0.05) is 212 Å². The third-order valence-corrected chi connectivity index (χ3v) is 15.4. The molecule has 16 aromatic rings. The molecule has 0 amide bonds. The molecule has 5 nitrogen and oxygen atoms in total. The second-order valence-corrected chi connectivity index (χ2v) is 19.6. The van der Waals surface area contributed by atoms with Crippen molar-refractivity contribution in [1.29, 1.82) is 0 Å². The van der Waals surface area contributed by atoms with Crippen LogP contribution in [0.1, 0.15) is 0 Å². The van der Waals surface area contributed by atoms with Gasteiger partial charge in [0, 0.05) is 54.7 Å². The van der Waals surface area contributed by atoms with E-state index < -0.39 is 0 Å². The lowest BCUT2D eigenvalue weighted by molar-refractivity contribution is 0.669. The first kappa shape index (κ1) is 41.5. The number of nitrogens with zero attached hydrogens (tertiary/aromatic N) is 4. The van der Waals surface area contributed by atoms with Crippen LogP contribution in [-0.2, 0) is 0 Å². The molecule has 75 heavy (non-hydrogen) atoms. The number of pyridine rings is 1. The van der Waals surface area contributed by atoms with E-state index in [2.05, 4.69) is 218 Å². The topological polar surface area (TPSA) is 64.7 Å². The number of hydrogen-bond donors (Lipinski definition) is 0. The minimum absolute atomic E-state index is 0.591. The largest absolute Gasteiger partial charge is 0.456 e. The molecule has 0 atom stereocenters. The van der Waals surface area contributed by atoms with Crippen molar-refractivity contribution in [1.82, 2.24) is 19.9 Å². The molecule has 0 aliphatic heterocycles. The first-order valence-corrected chi connectivity index (χ1v) is 25.4. The molecule has 0 aliphatic carbocycles. The number of fused-ring (bicyclic) bond motifs is 18. The molecule has 13 aromatic carbocycles. The fraction of sp³-hybridized carbons (Fsp3) is 0. The van der Waals surface area contributed by atoms with Crippen LogP contribution in [0.5, 0.6) is 0 Å². The Bertz CT molecular complexity index is 4990. The average molecular weight is 953 g/mol. The van der Waals surface area contributed by atoms with Crippen molar-refractivity contribution in [3.8, 4) is 56.5 Å². The molecular formula is C70H40N4O. The fourth-order valence-electron chi connectivity index (χ4n) is 12.1. The van der Waals surface area contributed by atoms with Gasteiger partial charge in [0.25, 0.3) is 0 Å². The van der Waals surface area contributed by atoms with Crippen molar-refractivity contribution in [2.45, 2.75) is 0 Å². The van der Waals surface area contributed by atoms with Crippen molar-refractivity contribution in [3.63, 3.8) is 0 Å². The molecule has 0 unspecified atom stereocenters. The van der Waals surface area contributed by atoms with Gasteiger partial charge < -0.3 is 4.42 Å². The highest BCUT2D eigenvalue weighted by molar-refractivity contribution is 6.30. The monoisotopic (exact) mass is 952 g/mol. The Labute approximate surface area is 429 Å². The highest BCUT2D eigenvalue weighted by atomic mass is 16.3. The predicted molar refractivity (Wildman–Crippen MR) is 312 cm³/mol. The third kappa shape index (κ3) is 6.38. The number of para-hydroxylation sites is 2. The van der Waals surface area contributed by atoms with Gasteiger partial charge in [-0.05, 0) is 101 Å². The summed E-state index contributed by atoms with van der Waals surface area (Å²) in [6, 6.07) is 86.3. The van der Waals surface area contributed by atoms with E-state index in [1.807, 2.05) is 24.3 Å². The Balaban J connectivity index is 0.899. The zero-order chi connectivity index (χ0) is 49.1. The van der Waals surface area contributed by atoms with Crippen molar-refractivity contribution in [2.75, 3.05) is 0 Å². The molecule has 0 radical (unpaired) electrons. The molecule has 5 heteroatoms. The second-order valence-electron chi connectivity index (χ2n) is 19.6. The molecule has 0 saturated heterocycles. The van der Waals surface area contributed by atoms with Crippen molar-refractivity contribution in [3.05, 3.63) is 243 Å². The van der Waals surface area contributed by atoms with E-state index >= 15 is 0 Å². The maximum absolute atomic E-state index is 6.83. The molecule has 0 N–H and O–H groups in total. The SMILES string of the molecule is c1ccc(-c2nc(-c3ccc(-c4nc5ccccc5c5c(-c6ccc7c8ccccc8c8ccccc8c7c6)c6c(cc45)oc4ccccc46)cc3)nc(-c3ccc4c5ccccc5c5ccccc5c4c3)n2)cc1. The molecule has 0 bridgehead atoms. The Morgan fingerprint density at radius 1 is 0.227 bits per heavy atom. The quantitative estimate of drug-likeness (QED) is 0.161. The van der Waals surface area contributed by atoms with Crippen LogP contribution >= 0.6 is 0 Å². The van der Waals surface area contributed by atoms with Crippen LogP contribution in [0.25, 0.3) is 165 Å². The Kier molecular flexibility index (Phi) is 8.97. The first-order valence-electron chi connectivity index (χ1n) is 25.4. The van der Waals surface area contributed by atoms with Gasteiger partial charge in [0.05, 0.1) is 11.2 Å². The minimum Gasteiger partial charge on any atom is -0.456 e. The summed E-state index contributed by atoms with van der Waals surface area (Å²) in [5.41, 5.74) is 9.39. The van der Waals surface area contributed by atoms with E-state index in [1.54, 1.807) is 0 Å². The summed E-state index contributed by atoms with van der Waals surface area (Å²) in [5, 5.41) is 20.1. The molecule has 3 heterocycles. The van der Waals surface area contributed by atoms with E-state index in [9.17, 15) is 0 Å². The van der Waals surface area contributed by atoms with E-state index in [1.165, 1.54) is 59.2 Å². The average Bonchev–Trinajstić information content (AvgIpc) is 3.86. The summed E-state index contributed by atoms with van der Waals surface area (Å²) >= 11 is 0. The number of rotatable bonds is 5. The third-order valence-electron chi connectivity index (χ3n) is 15.4. The fourth-order valence-corrected chi connectivity index (χ4v) is 12.1. The van der Waals surface area contributed by atoms with E-state index in [4.69, 9.17) is 24.4 Å². The maximum atomic E-state index is 6.83. The first-order chi connectivity index (χ1) is 37.2. The van der Waals surface area contributed by atoms with Crippen LogP contribution < -0.4 is 0 Å². The van der Waals surface area contributed by atoms with Crippen molar-refractivity contribution in [2.24, 2.45) is 0 Å². The molecule has 0 spiro atoms. The maximum Gasteiger partial charge on any atom is 0.164 e. The molecule has 0 aliphatic rings. The van der Waals surface area contributed by atoms with Gasteiger partial charge in [-0.3, -0.25) is 0 Å². The lowest BCUT2D eigenvalue weighted by Crippen LogP contribution is -2.00. The lowest BCUT2D eigenvalue weighted by Gasteiger charge is -2.17. The van der Waals surface area contributed by atoms with Gasteiger partial charge in [-0.25, -0.2) is 19.9 Å². The Morgan fingerprint density at radius 2 is 0.627 bits per heavy atom. The summed E-state index contributed by atoms with van der Waals surface area (Å²) in [6.45, 7) is 0. The Morgan fingerprint density at radius 3 is 1.20 bits per heavy atom. The van der Waals surface area contributed by atoms with Gasteiger partial charge in [0.15, 0.2) is 17.5 Å². The van der Waals surface area contributed by atoms with Crippen molar-refractivity contribution >= 4 is 108 Å². The van der Waals surface area contributed by atoms with Crippen LogP contribution in [-0.4, -0.2) is 19.9 Å². The summed E-state index contributed by atoms with van der Waals surface area (Å²) in [7, 11) is 0.